The van der Waals surface area contributed by atoms with E-state index in [2.05, 4.69) is 25.9 Å². The maximum atomic E-state index is 14.0. The molecule has 0 saturated carbocycles. The van der Waals surface area contributed by atoms with Gasteiger partial charge in [0, 0.05) is 10.0 Å². The van der Waals surface area contributed by atoms with E-state index in [0.29, 0.717) is 26.6 Å². The number of halogens is 3. The Morgan fingerprint density at radius 1 is 1.14 bits per heavy atom. The highest BCUT2D eigenvalue weighted by molar-refractivity contribution is 9.10. The molecule has 3 nitrogen and oxygen atoms in total. The molecule has 21 heavy (non-hydrogen) atoms. The van der Waals surface area contributed by atoms with E-state index in [1.807, 2.05) is 6.92 Å². The summed E-state index contributed by atoms with van der Waals surface area (Å²) in [7, 11) is 0. The molecule has 108 valence electrons. The van der Waals surface area contributed by atoms with Gasteiger partial charge in [-0.15, -0.1) is 11.6 Å². The van der Waals surface area contributed by atoms with Crippen LogP contribution in [0, 0.1) is 12.7 Å². The van der Waals surface area contributed by atoms with Crippen molar-refractivity contribution in [1.29, 1.82) is 0 Å². The zero-order valence-corrected chi connectivity index (χ0v) is 13.3. The van der Waals surface area contributed by atoms with Crippen molar-refractivity contribution in [3.8, 4) is 0 Å². The fourth-order valence-electron chi connectivity index (χ4n) is 2.29. The lowest BCUT2D eigenvalue weighted by molar-refractivity contribution is 0.611. The molecule has 3 aromatic rings. The van der Waals surface area contributed by atoms with E-state index in [0.717, 1.165) is 5.56 Å². The fraction of sp³-hybridized carbons (Fsp3) is 0.133. The van der Waals surface area contributed by atoms with Gasteiger partial charge in [-0.25, -0.2) is 9.18 Å². The second kappa shape index (κ2) is 5.31. The minimum atomic E-state index is -0.651. The first-order valence-corrected chi connectivity index (χ1v) is 7.50. The van der Waals surface area contributed by atoms with Crippen LogP contribution in [-0.4, -0.2) is 9.97 Å². The molecule has 0 aliphatic heterocycles. The van der Waals surface area contributed by atoms with Crippen LogP contribution in [0.4, 0.5) is 4.39 Å². The van der Waals surface area contributed by atoms with Gasteiger partial charge in [-0.05, 0) is 30.7 Å². The summed E-state index contributed by atoms with van der Waals surface area (Å²) in [5, 5.41) is -0.651. The third kappa shape index (κ3) is 2.63. The van der Waals surface area contributed by atoms with Crippen molar-refractivity contribution in [1.82, 2.24) is 9.97 Å². The highest BCUT2D eigenvalue weighted by Gasteiger charge is 2.19. The average molecular weight is 370 g/mol. The van der Waals surface area contributed by atoms with E-state index in [9.17, 15) is 9.18 Å². The Morgan fingerprint density at radius 2 is 1.81 bits per heavy atom. The third-order valence-corrected chi connectivity index (χ3v) is 4.49. The predicted molar refractivity (Wildman–Crippen MR) is 85.5 cm³/mol. The standard InChI is InChI=1S/C15H11BrClFN2O/c1-7-2-3-11(18)9(4-7)14(17)8-5-12-13(6-10(8)16)20-15(21)19-12/h2-6,14H,1H3,(H2,19,20,21). The molecule has 3 rings (SSSR count). The molecule has 0 fully saturated rings. The Balaban J connectivity index is 2.16. The number of H-pyrrole nitrogens is 2. The van der Waals surface area contributed by atoms with Crippen LogP contribution in [0.5, 0.6) is 0 Å². The Labute approximate surface area is 133 Å². The number of hydrogen-bond acceptors (Lipinski definition) is 1. The maximum Gasteiger partial charge on any atom is 0.323 e. The quantitative estimate of drug-likeness (QED) is 0.647. The van der Waals surface area contributed by atoms with Crippen molar-refractivity contribution in [2.75, 3.05) is 0 Å². The molecule has 0 bridgehead atoms. The van der Waals surface area contributed by atoms with Crippen LogP contribution < -0.4 is 5.69 Å². The van der Waals surface area contributed by atoms with Crippen molar-refractivity contribution in [3.63, 3.8) is 0 Å². The Bertz CT molecular complexity index is 887. The second-order valence-corrected chi connectivity index (χ2v) is 6.18. The Hall–Kier alpha value is -1.59. The predicted octanol–water partition coefficient (Wildman–Crippen LogP) is 4.39. The van der Waals surface area contributed by atoms with Gasteiger partial charge >= 0.3 is 5.69 Å². The van der Waals surface area contributed by atoms with Crippen LogP contribution in [-0.2, 0) is 0 Å². The van der Waals surface area contributed by atoms with Gasteiger partial charge in [0.2, 0.25) is 0 Å². The maximum absolute atomic E-state index is 14.0. The van der Waals surface area contributed by atoms with Gasteiger partial charge in [-0.1, -0.05) is 33.6 Å². The minimum Gasteiger partial charge on any atom is -0.306 e. The van der Waals surface area contributed by atoms with Crippen molar-refractivity contribution in [2.24, 2.45) is 0 Å². The Kier molecular flexibility index (Phi) is 3.63. The van der Waals surface area contributed by atoms with Crippen LogP contribution in [0.1, 0.15) is 22.1 Å². The SMILES string of the molecule is Cc1ccc(F)c(C(Cl)c2cc3[nH]c(=O)[nH]c3cc2Br)c1. The number of aromatic amines is 2. The summed E-state index contributed by atoms with van der Waals surface area (Å²) in [4.78, 5) is 16.7. The minimum absolute atomic E-state index is 0.290. The number of aryl methyl sites for hydroxylation is 1. The molecule has 1 unspecified atom stereocenters. The van der Waals surface area contributed by atoms with Gasteiger partial charge in [-0.2, -0.15) is 0 Å². The molecule has 2 N–H and O–H groups in total. The van der Waals surface area contributed by atoms with Gasteiger partial charge in [-0.3, -0.25) is 0 Å². The number of benzene rings is 2. The normalized spacial score (nSPS) is 12.8. The molecular weight excluding hydrogens is 359 g/mol. The fourth-order valence-corrected chi connectivity index (χ4v) is 3.34. The second-order valence-electron chi connectivity index (χ2n) is 4.89. The number of nitrogens with one attached hydrogen (secondary N) is 2. The molecule has 0 spiro atoms. The summed E-state index contributed by atoms with van der Waals surface area (Å²) in [6.07, 6.45) is 0. The zero-order valence-electron chi connectivity index (χ0n) is 11.0. The largest absolute Gasteiger partial charge is 0.323 e. The van der Waals surface area contributed by atoms with E-state index < -0.39 is 5.38 Å². The van der Waals surface area contributed by atoms with Crippen LogP contribution in [0.3, 0.4) is 0 Å². The summed E-state index contributed by atoms with van der Waals surface area (Å²) in [6.45, 7) is 1.88. The first-order chi connectivity index (χ1) is 9.95. The monoisotopic (exact) mass is 368 g/mol. The van der Waals surface area contributed by atoms with Gasteiger partial charge in [0.15, 0.2) is 0 Å². The van der Waals surface area contributed by atoms with Crippen molar-refractivity contribution >= 4 is 38.6 Å². The van der Waals surface area contributed by atoms with Crippen molar-refractivity contribution in [3.05, 3.63) is 67.8 Å². The summed E-state index contributed by atoms with van der Waals surface area (Å²) in [5.41, 5.74) is 3.06. The molecule has 6 heteroatoms. The third-order valence-electron chi connectivity index (χ3n) is 3.33. The first-order valence-electron chi connectivity index (χ1n) is 6.27. The summed E-state index contributed by atoms with van der Waals surface area (Å²) >= 11 is 9.87. The molecule has 1 atom stereocenters. The lowest BCUT2D eigenvalue weighted by Gasteiger charge is -2.14. The highest BCUT2D eigenvalue weighted by Crippen LogP contribution is 2.36. The molecule has 2 aromatic carbocycles. The van der Waals surface area contributed by atoms with Crippen LogP contribution in [0.2, 0.25) is 0 Å². The molecule has 1 aromatic heterocycles. The topological polar surface area (TPSA) is 48.6 Å². The summed E-state index contributed by atoms with van der Waals surface area (Å²) < 4.78 is 14.7. The highest BCUT2D eigenvalue weighted by atomic mass is 79.9. The number of rotatable bonds is 2. The number of fused-ring (bicyclic) bond motifs is 1. The number of imidazole rings is 1. The zero-order chi connectivity index (χ0) is 15.1. The average Bonchev–Trinajstić information content (AvgIpc) is 2.79. The molecule has 0 amide bonds. The van der Waals surface area contributed by atoms with E-state index in [4.69, 9.17) is 11.6 Å². The summed E-state index contributed by atoms with van der Waals surface area (Å²) in [5.74, 6) is -0.352. The van der Waals surface area contributed by atoms with E-state index in [1.165, 1.54) is 6.07 Å². The van der Waals surface area contributed by atoms with Gasteiger partial charge in [0.1, 0.15) is 5.82 Å². The van der Waals surface area contributed by atoms with E-state index >= 15 is 0 Å². The number of hydrogen-bond donors (Lipinski definition) is 2. The van der Waals surface area contributed by atoms with Crippen molar-refractivity contribution < 1.29 is 4.39 Å². The van der Waals surface area contributed by atoms with Gasteiger partial charge < -0.3 is 9.97 Å². The van der Waals surface area contributed by atoms with Crippen LogP contribution in [0.25, 0.3) is 11.0 Å². The lowest BCUT2D eigenvalue weighted by Crippen LogP contribution is -1.99. The number of aromatic nitrogens is 2. The summed E-state index contributed by atoms with van der Waals surface area (Å²) in [6, 6.07) is 8.33. The van der Waals surface area contributed by atoms with Gasteiger partial charge in [0.25, 0.3) is 0 Å². The van der Waals surface area contributed by atoms with E-state index in [-0.39, 0.29) is 11.5 Å². The number of alkyl halides is 1. The Morgan fingerprint density at radius 3 is 2.52 bits per heavy atom. The van der Waals surface area contributed by atoms with Crippen LogP contribution >= 0.6 is 27.5 Å². The lowest BCUT2D eigenvalue weighted by atomic mass is 10.0. The van der Waals surface area contributed by atoms with Crippen molar-refractivity contribution in [2.45, 2.75) is 12.3 Å². The van der Waals surface area contributed by atoms with Crippen LogP contribution in [0.15, 0.2) is 39.6 Å². The smallest absolute Gasteiger partial charge is 0.306 e. The molecule has 0 saturated heterocycles. The molecule has 0 radical (unpaired) electrons. The first kappa shape index (κ1) is 14.4. The molecule has 1 heterocycles. The van der Waals surface area contributed by atoms with E-state index in [1.54, 1.807) is 24.3 Å². The molecule has 0 aliphatic carbocycles. The van der Waals surface area contributed by atoms with Gasteiger partial charge in [0.05, 0.1) is 16.4 Å². The molecule has 0 aliphatic rings. The molecular formula is C15H11BrClFN2O.